The molecule has 0 saturated carbocycles. The molecule has 0 N–H and O–H groups in total. The molecule has 3 heterocycles. The lowest BCUT2D eigenvalue weighted by atomic mass is 10.1. The maximum atomic E-state index is 4.71. The van der Waals surface area contributed by atoms with Gasteiger partial charge in [-0.3, -0.25) is 4.99 Å². The number of fused-ring (bicyclic) bond motifs is 3. The van der Waals surface area contributed by atoms with E-state index in [4.69, 9.17) is 4.99 Å². The van der Waals surface area contributed by atoms with Crippen LogP contribution in [0.25, 0.3) is 0 Å². The summed E-state index contributed by atoms with van der Waals surface area (Å²) < 4.78 is 0. The molecule has 4 rings (SSSR count). The largest absolute Gasteiger partial charge is 0.309 e. The van der Waals surface area contributed by atoms with Gasteiger partial charge in [-0.15, -0.1) is 24.8 Å². The van der Waals surface area contributed by atoms with Gasteiger partial charge in [0.25, 0.3) is 0 Å². The summed E-state index contributed by atoms with van der Waals surface area (Å²) in [5.74, 6) is 1.17. The molecule has 1 saturated heterocycles. The normalized spacial score (nSPS) is 19.9. The summed E-state index contributed by atoms with van der Waals surface area (Å²) in [5, 5.41) is 0. The van der Waals surface area contributed by atoms with Gasteiger partial charge in [0.05, 0.1) is 17.9 Å². The summed E-state index contributed by atoms with van der Waals surface area (Å²) in [6.07, 6.45) is 4.14. The van der Waals surface area contributed by atoms with Gasteiger partial charge in [0, 0.05) is 19.6 Å². The first kappa shape index (κ1) is 17.4. The molecule has 0 bridgehead atoms. The van der Waals surface area contributed by atoms with Crippen molar-refractivity contribution in [1.82, 2.24) is 4.90 Å². The van der Waals surface area contributed by atoms with Crippen LogP contribution in [-0.2, 0) is 0 Å². The molecular weight excluding hydrogens is 319 g/mol. The Labute approximate surface area is 145 Å². The number of likely N-dealkylation sites (tertiary alicyclic amines) is 1. The van der Waals surface area contributed by atoms with Gasteiger partial charge in [0.1, 0.15) is 0 Å². The second kappa shape index (κ2) is 7.53. The predicted octanol–water partition coefficient (Wildman–Crippen LogP) is 3.01. The third kappa shape index (κ3) is 3.05. The van der Waals surface area contributed by atoms with Gasteiger partial charge >= 0.3 is 0 Å². The Hall–Kier alpha value is -0.970. The zero-order valence-corrected chi connectivity index (χ0v) is 14.4. The molecule has 0 spiro atoms. The molecule has 1 aromatic carbocycles. The van der Waals surface area contributed by atoms with Crippen molar-refractivity contribution in [2.45, 2.75) is 19.3 Å². The molecule has 0 aliphatic carbocycles. The minimum absolute atomic E-state index is 0. The fourth-order valence-electron chi connectivity index (χ4n) is 3.57. The van der Waals surface area contributed by atoms with Gasteiger partial charge in [-0.05, 0) is 38.1 Å². The fourth-order valence-corrected chi connectivity index (χ4v) is 3.57. The summed E-state index contributed by atoms with van der Waals surface area (Å²) in [7, 11) is 0. The van der Waals surface area contributed by atoms with Crippen molar-refractivity contribution in [3.8, 4) is 0 Å². The number of aliphatic imine (C=N–C) groups is 1. The molecule has 0 unspecified atom stereocenters. The number of benzene rings is 1. The van der Waals surface area contributed by atoms with Crippen LogP contribution in [0.5, 0.6) is 0 Å². The number of hydrogen-bond donors (Lipinski definition) is 0. The fraction of sp³-hybridized carbons (Fsp3) is 0.562. The van der Waals surface area contributed by atoms with E-state index in [1.54, 1.807) is 0 Å². The molecule has 3 aliphatic heterocycles. The second-order valence-electron chi connectivity index (χ2n) is 5.88. The van der Waals surface area contributed by atoms with Crippen LogP contribution in [0.3, 0.4) is 0 Å². The highest BCUT2D eigenvalue weighted by atomic mass is 35.5. The number of nitrogens with zero attached hydrogens (tertiary/aromatic N) is 4. The first-order chi connectivity index (χ1) is 9.93. The summed E-state index contributed by atoms with van der Waals surface area (Å²) >= 11 is 0. The van der Waals surface area contributed by atoms with E-state index in [0.717, 1.165) is 26.2 Å². The molecule has 0 radical (unpaired) electrons. The van der Waals surface area contributed by atoms with Crippen molar-refractivity contribution < 1.29 is 0 Å². The number of para-hydroxylation sites is 2. The molecule has 3 aliphatic rings. The van der Waals surface area contributed by atoms with Crippen LogP contribution in [0.15, 0.2) is 29.3 Å². The summed E-state index contributed by atoms with van der Waals surface area (Å²) in [6, 6.07) is 8.71. The summed E-state index contributed by atoms with van der Waals surface area (Å²) in [6.45, 7) is 6.72. The predicted molar refractivity (Wildman–Crippen MR) is 98.2 cm³/mol. The van der Waals surface area contributed by atoms with Crippen LogP contribution in [0.1, 0.15) is 19.3 Å². The average Bonchev–Trinajstić information content (AvgIpc) is 3.07. The topological polar surface area (TPSA) is 22.1 Å². The Kier molecular flexibility index (Phi) is 5.95. The van der Waals surface area contributed by atoms with Crippen molar-refractivity contribution in [2.75, 3.05) is 49.1 Å². The zero-order valence-electron chi connectivity index (χ0n) is 12.8. The van der Waals surface area contributed by atoms with Crippen molar-refractivity contribution in [3.63, 3.8) is 0 Å². The molecule has 0 aromatic heterocycles. The van der Waals surface area contributed by atoms with Gasteiger partial charge in [-0.25, -0.2) is 0 Å². The lowest BCUT2D eigenvalue weighted by Gasteiger charge is -2.29. The summed E-state index contributed by atoms with van der Waals surface area (Å²) in [4.78, 5) is 12.1. The van der Waals surface area contributed by atoms with Crippen LogP contribution in [0.4, 0.5) is 11.4 Å². The van der Waals surface area contributed by atoms with Crippen LogP contribution in [-0.4, -0.2) is 50.1 Å². The lowest BCUT2D eigenvalue weighted by molar-refractivity contribution is 0.235. The first-order valence-corrected chi connectivity index (χ1v) is 7.84. The Morgan fingerprint density at radius 3 is 2.36 bits per heavy atom. The van der Waals surface area contributed by atoms with Gasteiger partial charge in [-0.1, -0.05) is 18.6 Å². The lowest BCUT2D eigenvalue weighted by Crippen LogP contribution is -2.41. The average molecular weight is 343 g/mol. The molecule has 6 heteroatoms. The summed E-state index contributed by atoms with van der Waals surface area (Å²) in [5.41, 5.74) is 2.67. The molecule has 0 amide bonds. The van der Waals surface area contributed by atoms with Gasteiger partial charge in [-0.2, -0.15) is 0 Å². The number of halogens is 2. The minimum Gasteiger partial charge on any atom is -0.309 e. The number of anilines is 2. The van der Waals surface area contributed by atoms with E-state index in [2.05, 4.69) is 39.0 Å². The first-order valence-electron chi connectivity index (χ1n) is 7.84. The maximum absolute atomic E-state index is 4.71. The molecule has 0 atom stereocenters. The molecule has 22 heavy (non-hydrogen) atoms. The van der Waals surface area contributed by atoms with Crippen molar-refractivity contribution in [2.24, 2.45) is 4.99 Å². The second-order valence-corrected chi connectivity index (χ2v) is 5.88. The third-order valence-corrected chi connectivity index (χ3v) is 4.61. The standard InChI is InChI=1S/C16H22N4.2ClH/c1-4-9-18(10-5-1)12-13-20-15-7-3-2-6-14(15)19-11-8-17-16(19)20;;/h2-3,6-7H,1,4-5,8-13H2;2*1H. The zero-order chi connectivity index (χ0) is 13.4. The van der Waals surface area contributed by atoms with E-state index in [0.29, 0.717) is 0 Å². The highest BCUT2D eigenvalue weighted by Gasteiger charge is 2.34. The van der Waals surface area contributed by atoms with Crippen LogP contribution >= 0.6 is 24.8 Å². The van der Waals surface area contributed by atoms with Crippen molar-refractivity contribution in [3.05, 3.63) is 24.3 Å². The Bertz CT molecular complexity index is 529. The van der Waals surface area contributed by atoms with E-state index in [1.165, 1.54) is 49.7 Å². The smallest absolute Gasteiger partial charge is 0.206 e. The SMILES string of the molecule is Cl.Cl.c1ccc2c(c1)N1CCN=C1N2CCN1CCCCC1. The minimum atomic E-state index is 0. The molecule has 1 fully saturated rings. The highest BCUT2D eigenvalue weighted by molar-refractivity contribution is 6.17. The van der Waals surface area contributed by atoms with Crippen LogP contribution in [0.2, 0.25) is 0 Å². The molecule has 122 valence electrons. The number of piperidine rings is 1. The third-order valence-electron chi connectivity index (χ3n) is 4.61. The van der Waals surface area contributed by atoms with Crippen molar-refractivity contribution in [1.29, 1.82) is 0 Å². The molecule has 1 aromatic rings. The van der Waals surface area contributed by atoms with Gasteiger partial charge in [0.15, 0.2) is 0 Å². The number of guanidine groups is 1. The number of rotatable bonds is 3. The Balaban J connectivity index is 0.000000882. The monoisotopic (exact) mass is 342 g/mol. The van der Waals surface area contributed by atoms with Crippen molar-refractivity contribution >= 4 is 42.1 Å². The van der Waals surface area contributed by atoms with E-state index < -0.39 is 0 Å². The molecular formula is C16H24Cl2N4. The van der Waals surface area contributed by atoms with E-state index in [-0.39, 0.29) is 24.8 Å². The van der Waals surface area contributed by atoms with Crippen LogP contribution in [0, 0.1) is 0 Å². The van der Waals surface area contributed by atoms with Crippen LogP contribution < -0.4 is 9.80 Å². The van der Waals surface area contributed by atoms with Gasteiger partial charge in [0.2, 0.25) is 5.96 Å². The van der Waals surface area contributed by atoms with E-state index in [1.807, 2.05) is 0 Å². The van der Waals surface area contributed by atoms with Gasteiger partial charge < -0.3 is 14.7 Å². The molecule has 4 nitrogen and oxygen atoms in total. The highest BCUT2D eigenvalue weighted by Crippen LogP contribution is 2.38. The Morgan fingerprint density at radius 1 is 0.864 bits per heavy atom. The Morgan fingerprint density at radius 2 is 1.59 bits per heavy atom. The number of hydrogen-bond acceptors (Lipinski definition) is 4. The quantitative estimate of drug-likeness (QED) is 0.842. The maximum Gasteiger partial charge on any atom is 0.206 e. The van der Waals surface area contributed by atoms with E-state index in [9.17, 15) is 0 Å². The van der Waals surface area contributed by atoms with E-state index >= 15 is 0 Å².